The van der Waals surface area contributed by atoms with E-state index in [9.17, 15) is 0 Å². The van der Waals surface area contributed by atoms with Crippen molar-refractivity contribution in [2.45, 2.75) is 203 Å². The number of hydrogen-bond acceptors (Lipinski definition) is 2. The van der Waals surface area contributed by atoms with Gasteiger partial charge in [0.05, 0.1) is 0 Å². The first-order valence-electron chi connectivity index (χ1n) is 20.4. The lowest BCUT2D eigenvalue weighted by Gasteiger charge is -2.49. The lowest BCUT2D eigenvalue weighted by Crippen LogP contribution is -2.53. The molecule has 0 amide bonds. The van der Waals surface area contributed by atoms with Gasteiger partial charge < -0.3 is 0 Å². The van der Waals surface area contributed by atoms with Gasteiger partial charge in [0, 0.05) is 36.3 Å². The summed E-state index contributed by atoms with van der Waals surface area (Å²) in [4.78, 5) is 6.70. The summed E-state index contributed by atoms with van der Waals surface area (Å²) in [5, 5.41) is 0. The first kappa shape index (κ1) is 28.2. The second kappa shape index (κ2) is 11.9. The molecule has 2 heterocycles. The maximum Gasteiger partial charge on any atom is 0.0137 e. The maximum absolute atomic E-state index is 3.39. The van der Waals surface area contributed by atoms with E-state index in [2.05, 4.69) is 9.80 Å². The number of fused-ring (bicyclic) bond motifs is 8. The van der Waals surface area contributed by atoms with Crippen LogP contribution in [0.4, 0.5) is 0 Å². The van der Waals surface area contributed by atoms with E-state index in [0.717, 1.165) is 83.6 Å². The second-order valence-corrected chi connectivity index (χ2v) is 18.0. The molecule has 42 heavy (non-hydrogen) atoms. The molecule has 0 N–H and O–H groups in total. The fourth-order valence-electron chi connectivity index (χ4n) is 15.2. The van der Waals surface area contributed by atoms with Crippen molar-refractivity contribution in [3.63, 3.8) is 0 Å². The molecular formula is C40H66N2. The highest BCUT2D eigenvalue weighted by atomic mass is 15.3. The Morgan fingerprint density at radius 1 is 0.286 bits per heavy atom. The quantitative estimate of drug-likeness (QED) is 0.331. The van der Waals surface area contributed by atoms with Crippen LogP contribution in [0.3, 0.4) is 0 Å². The van der Waals surface area contributed by atoms with Gasteiger partial charge in [-0.3, -0.25) is 9.80 Å². The maximum atomic E-state index is 3.39. The van der Waals surface area contributed by atoms with E-state index in [-0.39, 0.29) is 0 Å². The molecule has 2 heteroatoms. The Kier molecular flexibility index (Phi) is 8.00. The van der Waals surface area contributed by atoms with Crippen molar-refractivity contribution in [2.75, 3.05) is 0 Å². The first-order chi connectivity index (χ1) is 20.8. The van der Waals surface area contributed by atoms with Gasteiger partial charge >= 0.3 is 0 Å². The number of nitrogens with zero attached hydrogens (tertiary/aromatic N) is 2. The summed E-state index contributed by atoms with van der Waals surface area (Å²) in [6.45, 7) is 0. The van der Waals surface area contributed by atoms with Crippen LogP contribution in [0.15, 0.2) is 0 Å². The van der Waals surface area contributed by atoms with Crippen molar-refractivity contribution < 1.29 is 0 Å². The molecule has 0 aromatic heterocycles. The minimum absolute atomic E-state index is 0.947. The van der Waals surface area contributed by atoms with Gasteiger partial charge in [-0.2, -0.15) is 0 Å². The van der Waals surface area contributed by atoms with Crippen molar-refractivity contribution in [1.29, 1.82) is 0 Å². The fraction of sp³-hybridized carbons (Fsp3) is 1.00. The van der Waals surface area contributed by atoms with E-state index < -0.39 is 0 Å². The molecule has 9 fully saturated rings. The second-order valence-electron chi connectivity index (χ2n) is 18.0. The fourth-order valence-corrected chi connectivity index (χ4v) is 15.2. The van der Waals surface area contributed by atoms with Crippen molar-refractivity contribution in [1.82, 2.24) is 9.80 Å². The van der Waals surface area contributed by atoms with Crippen molar-refractivity contribution in [2.24, 2.45) is 47.3 Å². The first-order valence-corrected chi connectivity index (χ1v) is 20.4. The smallest absolute Gasteiger partial charge is 0.0137 e. The van der Waals surface area contributed by atoms with Crippen molar-refractivity contribution >= 4 is 0 Å². The van der Waals surface area contributed by atoms with Gasteiger partial charge in [0.25, 0.3) is 0 Å². The third-order valence-electron chi connectivity index (χ3n) is 16.5. The molecule has 13 unspecified atom stereocenters. The van der Waals surface area contributed by atoms with Gasteiger partial charge in [-0.25, -0.2) is 0 Å². The summed E-state index contributed by atoms with van der Waals surface area (Å²) >= 11 is 0. The Hall–Kier alpha value is -0.0800. The topological polar surface area (TPSA) is 6.48 Å². The Balaban J connectivity index is 0.974. The average molecular weight is 575 g/mol. The SMILES string of the molecule is C1CCC(N2C3CCCCC3C3C4C5CCCCC5N(C5CCCC(C6CCC7CCCCC7C6)C5)C4CCC32)CC1. The molecule has 2 aliphatic heterocycles. The molecule has 2 nitrogen and oxygen atoms in total. The summed E-state index contributed by atoms with van der Waals surface area (Å²) in [6.07, 6.45) is 40.6. The number of rotatable bonds is 3. The van der Waals surface area contributed by atoms with E-state index in [0.29, 0.717) is 0 Å². The van der Waals surface area contributed by atoms with E-state index in [4.69, 9.17) is 0 Å². The highest BCUT2D eigenvalue weighted by Gasteiger charge is 2.63. The average Bonchev–Trinajstić information content (AvgIpc) is 3.58. The molecule has 7 saturated carbocycles. The van der Waals surface area contributed by atoms with E-state index in [1.165, 1.54) is 44.9 Å². The van der Waals surface area contributed by atoms with Gasteiger partial charge in [0.2, 0.25) is 0 Å². The van der Waals surface area contributed by atoms with Crippen LogP contribution in [0.1, 0.15) is 167 Å². The van der Waals surface area contributed by atoms with Crippen LogP contribution in [0.2, 0.25) is 0 Å². The largest absolute Gasteiger partial charge is 0.294 e. The normalized spacial score (nSPS) is 52.1. The number of likely N-dealkylation sites (tertiary alicyclic amines) is 2. The van der Waals surface area contributed by atoms with Crippen LogP contribution in [0.25, 0.3) is 0 Å². The molecule has 0 aromatic carbocycles. The molecule has 0 radical (unpaired) electrons. The van der Waals surface area contributed by atoms with Crippen molar-refractivity contribution in [3.8, 4) is 0 Å². The van der Waals surface area contributed by atoms with Crippen LogP contribution in [-0.2, 0) is 0 Å². The zero-order chi connectivity index (χ0) is 27.6. The highest BCUT2D eigenvalue weighted by molar-refractivity contribution is 5.16. The predicted molar refractivity (Wildman–Crippen MR) is 174 cm³/mol. The van der Waals surface area contributed by atoms with E-state index >= 15 is 0 Å². The van der Waals surface area contributed by atoms with Gasteiger partial charge in [-0.1, -0.05) is 83.5 Å². The Bertz CT molecular complexity index is 925. The van der Waals surface area contributed by atoms with Crippen LogP contribution in [0, 0.1) is 47.3 Å². The van der Waals surface area contributed by atoms with Gasteiger partial charge in [0.15, 0.2) is 0 Å². The monoisotopic (exact) mass is 575 g/mol. The molecule has 13 atom stereocenters. The van der Waals surface area contributed by atoms with Crippen LogP contribution in [0.5, 0.6) is 0 Å². The molecule has 7 aliphatic carbocycles. The lowest BCUT2D eigenvalue weighted by atomic mass is 9.61. The Morgan fingerprint density at radius 2 is 0.762 bits per heavy atom. The van der Waals surface area contributed by atoms with Gasteiger partial charge in [0.1, 0.15) is 0 Å². The Labute approximate surface area is 259 Å². The third-order valence-corrected chi connectivity index (χ3v) is 16.5. The minimum atomic E-state index is 0.947. The van der Waals surface area contributed by atoms with Crippen molar-refractivity contribution in [3.05, 3.63) is 0 Å². The molecule has 0 bridgehead atoms. The van der Waals surface area contributed by atoms with E-state index in [1.54, 1.807) is 122 Å². The molecule has 0 aromatic rings. The van der Waals surface area contributed by atoms with E-state index in [1.807, 2.05) is 0 Å². The summed E-state index contributed by atoms with van der Waals surface area (Å²) in [7, 11) is 0. The molecular weight excluding hydrogens is 508 g/mol. The highest BCUT2D eigenvalue weighted by Crippen LogP contribution is 2.61. The molecule has 9 aliphatic rings. The third kappa shape index (κ3) is 4.74. The van der Waals surface area contributed by atoms with Crippen LogP contribution < -0.4 is 0 Å². The lowest BCUT2D eigenvalue weighted by molar-refractivity contribution is 0.00466. The standard InChI is InChI=1S/C40H66N2/c1-2-14-31(15-3-1)41-35-19-8-6-17-33(35)39-37(41)23-24-38-40(39)34-18-7-9-20-36(34)42(38)32-16-10-13-29(26-32)30-22-21-27-11-4-5-12-28(27)25-30/h27-40H,1-26H2. The predicted octanol–water partition coefficient (Wildman–Crippen LogP) is 10.00. The Morgan fingerprint density at radius 3 is 1.48 bits per heavy atom. The molecule has 2 saturated heterocycles. The summed E-state index contributed by atoms with van der Waals surface area (Å²) in [5.74, 6) is 8.64. The van der Waals surface area contributed by atoms with Crippen LogP contribution in [-0.4, -0.2) is 46.1 Å². The zero-order valence-corrected chi connectivity index (χ0v) is 27.4. The summed E-state index contributed by atoms with van der Waals surface area (Å²) in [6, 6.07) is 5.77. The molecule has 236 valence electrons. The number of hydrogen-bond donors (Lipinski definition) is 0. The van der Waals surface area contributed by atoms with Gasteiger partial charge in [-0.05, 0) is 131 Å². The molecule has 0 spiro atoms. The molecule has 9 rings (SSSR count). The summed E-state index contributed by atoms with van der Waals surface area (Å²) < 4.78 is 0. The van der Waals surface area contributed by atoms with Gasteiger partial charge in [-0.15, -0.1) is 0 Å². The minimum Gasteiger partial charge on any atom is -0.294 e. The summed E-state index contributed by atoms with van der Waals surface area (Å²) in [5.41, 5.74) is 0. The zero-order valence-electron chi connectivity index (χ0n) is 27.4. The van der Waals surface area contributed by atoms with Crippen LogP contribution >= 0.6 is 0 Å².